The number of aromatic nitrogens is 6. The lowest BCUT2D eigenvalue weighted by Crippen LogP contribution is -2.15. The van der Waals surface area contributed by atoms with Gasteiger partial charge in [-0.15, -0.1) is 5.10 Å². The Bertz CT molecular complexity index is 1130. The summed E-state index contributed by atoms with van der Waals surface area (Å²) in [5.41, 5.74) is -0.670. The van der Waals surface area contributed by atoms with Crippen molar-refractivity contribution in [3.05, 3.63) is 70.5 Å². The second-order valence-electron chi connectivity index (χ2n) is 5.69. The van der Waals surface area contributed by atoms with Crippen molar-refractivity contribution in [3.63, 3.8) is 0 Å². The van der Waals surface area contributed by atoms with Gasteiger partial charge in [-0.3, -0.25) is 0 Å². The monoisotopic (exact) mass is 424 g/mol. The Morgan fingerprint density at radius 3 is 2.29 bits per heavy atom. The van der Waals surface area contributed by atoms with Gasteiger partial charge in [-0.25, -0.2) is 4.68 Å². The van der Waals surface area contributed by atoms with E-state index in [-0.39, 0.29) is 22.1 Å². The summed E-state index contributed by atoms with van der Waals surface area (Å²) in [5.74, 6) is -0.108. The summed E-state index contributed by atoms with van der Waals surface area (Å²) in [6, 6.07) is 12.3. The topological polar surface area (TPSA) is 61.4 Å². The van der Waals surface area contributed by atoms with Gasteiger partial charge in [0.15, 0.2) is 11.5 Å². The van der Waals surface area contributed by atoms with E-state index in [2.05, 4.69) is 20.6 Å². The van der Waals surface area contributed by atoms with Gasteiger partial charge in [-0.1, -0.05) is 29.3 Å². The molecule has 0 bridgehead atoms. The first-order chi connectivity index (χ1) is 13.3. The zero-order valence-electron chi connectivity index (χ0n) is 13.8. The van der Waals surface area contributed by atoms with Gasteiger partial charge < -0.3 is 0 Å². The highest BCUT2D eigenvalue weighted by Gasteiger charge is 2.40. The molecule has 0 saturated heterocycles. The second kappa shape index (κ2) is 6.92. The van der Waals surface area contributed by atoms with E-state index in [0.717, 1.165) is 10.9 Å². The number of benzene rings is 2. The van der Waals surface area contributed by atoms with Crippen LogP contribution < -0.4 is 0 Å². The Kier molecular flexibility index (Phi) is 4.56. The molecular weight excluding hydrogens is 416 g/mol. The lowest BCUT2D eigenvalue weighted by Gasteiger charge is -2.13. The van der Waals surface area contributed by atoms with Gasteiger partial charge in [0.05, 0.1) is 23.1 Å². The maximum absolute atomic E-state index is 13.9. The standard InChI is InChI=1S/C17H9Cl2F3N6/c18-10-4-6-12(7-5-10)28-16(24-25-26-28)14-9-23-27(15(14)17(20,21)22)13-3-1-2-11(19)8-13/h1-9H. The van der Waals surface area contributed by atoms with Crippen LogP contribution in [0, 0.1) is 0 Å². The van der Waals surface area contributed by atoms with Crippen LogP contribution >= 0.6 is 23.2 Å². The first-order valence-corrected chi connectivity index (χ1v) is 8.56. The van der Waals surface area contributed by atoms with Crippen LogP contribution in [0.25, 0.3) is 22.8 Å². The van der Waals surface area contributed by atoms with E-state index in [1.54, 1.807) is 30.3 Å². The minimum Gasteiger partial charge on any atom is -0.228 e. The predicted octanol–water partition coefficient (Wildman–Crippen LogP) is 4.84. The van der Waals surface area contributed by atoms with Crippen molar-refractivity contribution in [3.8, 4) is 22.8 Å². The molecule has 6 nitrogen and oxygen atoms in total. The third-order valence-electron chi connectivity index (χ3n) is 3.87. The molecule has 2 heterocycles. The summed E-state index contributed by atoms with van der Waals surface area (Å²) < 4.78 is 43.7. The molecule has 0 aliphatic rings. The molecule has 0 amide bonds. The first-order valence-electron chi connectivity index (χ1n) is 7.80. The summed E-state index contributed by atoms with van der Waals surface area (Å²) in [7, 11) is 0. The summed E-state index contributed by atoms with van der Waals surface area (Å²) in [5, 5.41) is 15.8. The number of nitrogens with zero attached hydrogens (tertiary/aromatic N) is 6. The molecule has 0 N–H and O–H groups in total. The SMILES string of the molecule is FC(F)(F)c1c(-c2nnnn2-c2ccc(Cl)cc2)cnn1-c1cccc(Cl)c1. The van der Waals surface area contributed by atoms with E-state index < -0.39 is 11.9 Å². The number of rotatable bonds is 3. The summed E-state index contributed by atoms with van der Waals surface area (Å²) >= 11 is 11.8. The van der Waals surface area contributed by atoms with Crippen molar-refractivity contribution in [2.75, 3.05) is 0 Å². The molecule has 0 spiro atoms. The third-order valence-corrected chi connectivity index (χ3v) is 4.36. The lowest BCUT2D eigenvalue weighted by molar-refractivity contribution is -0.142. The lowest BCUT2D eigenvalue weighted by atomic mass is 10.2. The van der Waals surface area contributed by atoms with Crippen LogP contribution in [0.5, 0.6) is 0 Å². The molecule has 28 heavy (non-hydrogen) atoms. The fraction of sp³-hybridized carbons (Fsp3) is 0.0588. The minimum atomic E-state index is -4.72. The van der Waals surface area contributed by atoms with Crippen LogP contribution in [0.15, 0.2) is 54.7 Å². The van der Waals surface area contributed by atoms with Gasteiger partial charge in [0.2, 0.25) is 0 Å². The second-order valence-corrected chi connectivity index (χ2v) is 6.56. The molecule has 4 aromatic rings. The van der Waals surface area contributed by atoms with E-state index in [0.29, 0.717) is 10.7 Å². The zero-order valence-corrected chi connectivity index (χ0v) is 15.3. The molecule has 0 unspecified atom stereocenters. The average Bonchev–Trinajstić information content (AvgIpc) is 3.28. The molecule has 0 atom stereocenters. The number of tetrazole rings is 1. The molecular formula is C17H9Cl2F3N6. The Balaban J connectivity index is 1.91. The summed E-state index contributed by atoms with van der Waals surface area (Å²) in [6.45, 7) is 0. The minimum absolute atomic E-state index is 0.108. The average molecular weight is 425 g/mol. The Hall–Kier alpha value is -2.91. The Morgan fingerprint density at radius 1 is 0.857 bits per heavy atom. The van der Waals surface area contributed by atoms with Crippen molar-refractivity contribution in [1.29, 1.82) is 0 Å². The molecule has 0 aliphatic heterocycles. The van der Waals surface area contributed by atoms with E-state index in [1.165, 1.54) is 22.9 Å². The highest BCUT2D eigenvalue weighted by molar-refractivity contribution is 6.31. The van der Waals surface area contributed by atoms with Crippen molar-refractivity contribution in [1.82, 2.24) is 30.0 Å². The number of hydrogen-bond acceptors (Lipinski definition) is 4. The van der Waals surface area contributed by atoms with Gasteiger partial charge in [-0.2, -0.15) is 23.0 Å². The van der Waals surface area contributed by atoms with Crippen LogP contribution in [0.1, 0.15) is 5.69 Å². The van der Waals surface area contributed by atoms with Crippen LogP contribution in [0.3, 0.4) is 0 Å². The molecule has 2 aromatic heterocycles. The largest absolute Gasteiger partial charge is 0.434 e. The number of halogens is 5. The summed E-state index contributed by atoms with van der Waals surface area (Å²) in [4.78, 5) is 0. The van der Waals surface area contributed by atoms with E-state index >= 15 is 0 Å². The van der Waals surface area contributed by atoms with Crippen LogP contribution in [-0.4, -0.2) is 30.0 Å². The van der Waals surface area contributed by atoms with Gasteiger partial charge in [0.25, 0.3) is 0 Å². The molecule has 0 radical (unpaired) electrons. The van der Waals surface area contributed by atoms with Crippen molar-refractivity contribution < 1.29 is 13.2 Å². The van der Waals surface area contributed by atoms with Crippen LogP contribution in [-0.2, 0) is 6.18 Å². The van der Waals surface area contributed by atoms with Gasteiger partial charge in [0.1, 0.15) is 0 Å². The van der Waals surface area contributed by atoms with E-state index in [1.807, 2.05) is 0 Å². The highest BCUT2D eigenvalue weighted by atomic mass is 35.5. The third kappa shape index (κ3) is 3.34. The fourth-order valence-electron chi connectivity index (χ4n) is 2.70. The molecule has 11 heteroatoms. The Labute approximate surface area is 166 Å². The van der Waals surface area contributed by atoms with E-state index in [4.69, 9.17) is 23.2 Å². The van der Waals surface area contributed by atoms with Crippen molar-refractivity contribution >= 4 is 23.2 Å². The molecule has 2 aromatic carbocycles. The zero-order chi connectivity index (χ0) is 19.9. The van der Waals surface area contributed by atoms with Crippen molar-refractivity contribution in [2.45, 2.75) is 6.18 Å². The summed E-state index contributed by atoms with van der Waals surface area (Å²) in [6.07, 6.45) is -3.65. The quantitative estimate of drug-likeness (QED) is 0.471. The van der Waals surface area contributed by atoms with Gasteiger partial charge in [-0.05, 0) is 52.9 Å². The maximum atomic E-state index is 13.9. The predicted molar refractivity (Wildman–Crippen MR) is 96.7 cm³/mol. The maximum Gasteiger partial charge on any atom is 0.434 e. The van der Waals surface area contributed by atoms with Crippen LogP contribution in [0.4, 0.5) is 13.2 Å². The highest BCUT2D eigenvalue weighted by Crippen LogP contribution is 2.38. The molecule has 0 fully saturated rings. The first kappa shape index (κ1) is 18.5. The molecule has 142 valence electrons. The normalized spacial score (nSPS) is 11.8. The fourth-order valence-corrected chi connectivity index (χ4v) is 3.01. The number of hydrogen-bond donors (Lipinski definition) is 0. The smallest absolute Gasteiger partial charge is 0.228 e. The van der Waals surface area contributed by atoms with Gasteiger partial charge in [0, 0.05) is 10.0 Å². The van der Waals surface area contributed by atoms with Crippen molar-refractivity contribution in [2.24, 2.45) is 0 Å². The van der Waals surface area contributed by atoms with E-state index in [9.17, 15) is 13.2 Å². The Morgan fingerprint density at radius 2 is 1.61 bits per heavy atom. The van der Waals surface area contributed by atoms with Gasteiger partial charge >= 0.3 is 6.18 Å². The molecule has 0 saturated carbocycles. The number of alkyl halides is 3. The molecule has 4 rings (SSSR count). The molecule has 0 aliphatic carbocycles. The van der Waals surface area contributed by atoms with Crippen LogP contribution in [0.2, 0.25) is 10.0 Å².